The fourth-order valence-electron chi connectivity index (χ4n) is 2.35. The van der Waals surface area contributed by atoms with Gasteiger partial charge in [0.1, 0.15) is 0 Å². The topological polar surface area (TPSA) is 102 Å². The zero-order valence-electron chi connectivity index (χ0n) is 14.5. The Hall–Kier alpha value is -2.82. The first kappa shape index (κ1) is 19.0. The van der Waals surface area contributed by atoms with E-state index in [9.17, 15) is 17.2 Å². The van der Waals surface area contributed by atoms with Gasteiger partial charge in [-0.3, -0.25) is 4.31 Å². The van der Waals surface area contributed by atoms with Crippen molar-refractivity contribution in [1.29, 1.82) is 0 Å². The third-order valence-corrected chi connectivity index (χ3v) is 5.44. The van der Waals surface area contributed by atoms with Gasteiger partial charge in [0.2, 0.25) is 10.0 Å². The molecule has 3 aromatic rings. The predicted molar refractivity (Wildman–Crippen MR) is 91.6 cm³/mol. The predicted octanol–water partition coefficient (Wildman–Crippen LogP) is 3.33. The van der Waals surface area contributed by atoms with Crippen molar-refractivity contribution in [2.75, 3.05) is 10.1 Å². The second kappa shape index (κ2) is 7.43. The van der Waals surface area contributed by atoms with Gasteiger partial charge in [-0.1, -0.05) is 17.3 Å². The lowest BCUT2D eigenvalue weighted by Crippen LogP contribution is -2.31. The van der Waals surface area contributed by atoms with Crippen LogP contribution in [-0.2, 0) is 16.6 Å². The molecule has 0 saturated heterocycles. The van der Waals surface area contributed by atoms with E-state index < -0.39 is 22.3 Å². The van der Waals surface area contributed by atoms with Crippen molar-refractivity contribution in [3.8, 4) is 11.6 Å². The van der Waals surface area contributed by atoms with E-state index in [1.165, 1.54) is 17.3 Å². The van der Waals surface area contributed by atoms with Crippen LogP contribution >= 0.6 is 0 Å². The van der Waals surface area contributed by atoms with Crippen LogP contribution in [0, 0.1) is 6.92 Å². The number of rotatable bonds is 7. The van der Waals surface area contributed by atoms with E-state index in [0.29, 0.717) is 5.69 Å². The molecule has 144 valence electrons. The first-order chi connectivity index (χ1) is 12.8. The molecule has 0 fully saturated rings. The minimum Gasteiger partial charge on any atom is -0.413 e. The molecule has 0 aliphatic heterocycles. The summed E-state index contributed by atoms with van der Waals surface area (Å²) in [7, 11) is -3.60. The Balaban J connectivity index is 1.89. The van der Waals surface area contributed by atoms with Gasteiger partial charge in [-0.2, -0.15) is 8.78 Å². The second-order valence-electron chi connectivity index (χ2n) is 5.67. The molecule has 3 rings (SSSR count). The lowest BCUT2D eigenvalue weighted by Gasteiger charge is -2.22. The molecule has 2 heterocycles. The van der Waals surface area contributed by atoms with Crippen molar-refractivity contribution in [1.82, 2.24) is 15.4 Å². The monoisotopic (exact) mass is 398 g/mol. The van der Waals surface area contributed by atoms with Crippen LogP contribution < -0.4 is 4.31 Å². The van der Waals surface area contributed by atoms with E-state index in [2.05, 4.69) is 15.4 Å². The number of halogens is 2. The summed E-state index contributed by atoms with van der Waals surface area (Å²) >= 11 is 0. The number of sulfonamides is 1. The number of nitrogens with zero attached hydrogens (tertiary/aromatic N) is 4. The SMILES string of the molecule is CCS(=O)(=O)N(Cc1cc(-c2nnc(C(F)F)o2)no1)c1cccc(C)c1. The zero-order chi connectivity index (χ0) is 19.6. The number of hydrogen-bond acceptors (Lipinski definition) is 7. The third-order valence-electron chi connectivity index (χ3n) is 3.70. The van der Waals surface area contributed by atoms with Crippen molar-refractivity contribution in [3.63, 3.8) is 0 Å². The molecule has 0 atom stereocenters. The second-order valence-corrected chi connectivity index (χ2v) is 7.85. The van der Waals surface area contributed by atoms with Crippen LogP contribution in [0.2, 0.25) is 0 Å². The quantitative estimate of drug-likeness (QED) is 0.601. The van der Waals surface area contributed by atoms with Gasteiger partial charge in [-0.05, 0) is 31.5 Å². The molecule has 0 saturated carbocycles. The van der Waals surface area contributed by atoms with Gasteiger partial charge in [-0.25, -0.2) is 8.42 Å². The Morgan fingerprint density at radius 2 is 2.00 bits per heavy atom. The fraction of sp³-hybridized carbons (Fsp3) is 0.312. The van der Waals surface area contributed by atoms with E-state index in [0.717, 1.165) is 5.56 Å². The first-order valence-electron chi connectivity index (χ1n) is 7.94. The summed E-state index contributed by atoms with van der Waals surface area (Å²) in [6.07, 6.45) is -2.90. The summed E-state index contributed by atoms with van der Waals surface area (Å²) in [6, 6.07) is 8.38. The Labute approximate surface area is 153 Å². The minimum absolute atomic E-state index is 0.0440. The van der Waals surface area contributed by atoms with Crippen LogP contribution in [0.4, 0.5) is 14.5 Å². The van der Waals surface area contributed by atoms with Crippen molar-refractivity contribution in [2.45, 2.75) is 26.8 Å². The number of benzene rings is 1. The van der Waals surface area contributed by atoms with Crippen LogP contribution in [0.25, 0.3) is 11.6 Å². The number of aromatic nitrogens is 3. The van der Waals surface area contributed by atoms with E-state index in [4.69, 9.17) is 8.94 Å². The highest BCUT2D eigenvalue weighted by molar-refractivity contribution is 7.92. The Kier molecular flexibility index (Phi) is 5.22. The maximum atomic E-state index is 12.6. The molecule has 0 bridgehead atoms. The number of aryl methyl sites for hydroxylation is 1. The van der Waals surface area contributed by atoms with Crippen LogP contribution in [0.15, 0.2) is 39.3 Å². The Morgan fingerprint density at radius 3 is 2.63 bits per heavy atom. The molecule has 0 aliphatic carbocycles. The molecule has 0 spiro atoms. The van der Waals surface area contributed by atoms with Crippen molar-refractivity contribution >= 4 is 15.7 Å². The lowest BCUT2D eigenvalue weighted by atomic mass is 10.2. The van der Waals surface area contributed by atoms with Gasteiger partial charge in [0.15, 0.2) is 11.5 Å². The van der Waals surface area contributed by atoms with E-state index in [1.54, 1.807) is 18.2 Å². The lowest BCUT2D eigenvalue weighted by molar-refractivity contribution is 0.116. The van der Waals surface area contributed by atoms with E-state index in [-0.39, 0.29) is 29.6 Å². The van der Waals surface area contributed by atoms with E-state index >= 15 is 0 Å². The smallest absolute Gasteiger partial charge is 0.314 e. The van der Waals surface area contributed by atoms with Crippen LogP contribution in [0.1, 0.15) is 30.6 Å². The first-order valence-corrected chi connectivity index (χ1v) is 9.55. The normalized spacial score (nSPS) is 11.9. The van der Waals surface area contributed by atoms with Gasteiger partial charge >= 0.3 is 6.43 Å². The molecule has 0 N–H and O–H groups in total. The van der Waals surface area contributed by atoms with Gasteiger partial charge in [0.25, 0.3) is 11.8 Å². The molecular formula is C16H16F2N4O4S. The minimum atomic E-state index is -3.60. The molecule has 0 aliphatic rings. The van der Waals surface area contributed by atoms with Gasteiger partial charge in [-0.15, -0.1) is 10.2 Å². The highest BCUT2D eigenvalue weighted by atomic mass is 32.2. The maximum Gasteiger partial charge on any atom is 0.314 e. The van der Waals surface area contributed by atoms with Gasteiger partial charge in [0.05, 0.1) is 18.0 Å². The summed E-state index contributed by atoms with van der Waals surface area (Å²) < 4.78 is 61.3. The van der Waals surface area contributed by atoms with Crippen LogP contribution in [0.5, 0.6) is 0 Å². The van der Waals surface area contributed by atoms with Gasteiger partial charge < -0.3 is 8.94 Å². The molecule has 8 nitrogen and oxygen atoms in total. The Bertz CT molecular complexity index is 1030. The average molecular weight is 398 g/mol. The third kappa shape index (κ3) is 4.13. The van der Waals surface area contributed by atoms with Crippen molar-refractivity contribution < 1.29 is 26.1 Å². The van der Waals surface area contributed by atoms with Crippen LogP contribution in [0.3, 0.4) is 0 Å². The summed E-state index contributed by atoms with van der Waals surface area (Å²) in [5.74, 6) is -0.978. The van der Waals surface area contributed by atoms with Crippen molar-refractivity contribution in [2.24, 2.45) is 0 Å². The summed E-state index contributed by atoms with van der Waals surface area (Å²) in [4.78, 5) is 0. The molecule has 2 aromatic heterocycles. The summed E-state index contributed by atoms with van der Waals surface area (Å²) in [5.41, 5.74) is 1.42. The Morgan fingerprint density at radius 1 is 1.22 bits per heavy atom. The number of anilines is 1. The highest BCUT2D eigenvalue weighted by Gasteiger charge is 2.24. The fourth-order valence-corrected chi connectivity index (χ4v) is 3.42. The highest BCUT2D eigenvalue weighted by Crippen LogP contribution is 2.26. The molecule has 0 amide bonds. The molecular weight excluding hydrogens is 382 g/mol. The molecule has 27 heavy (non-hydrogen) atoms. The van der Waals surface area contributed by atoms with E-state index in [1.807, 2.05) is 13.0 Å². The van der Waals surface area contributed by atoms with Crippen molar-refractivity contribution in [3.05, 3.63) is 47.5 Å². The zero-order valence-corrected chi connectivity index (χ0v) is 15.3. The molecule has 11 heteroatoms. The average Bonchev–Trinajstić information content (AvgIpc) is 3.28. The summed E-state index contributed by atoms with van der Waals surface area (Å²) in [5, 5.41) is 10.4. The van der Waals surface area contributed by atoms with Crippen LogP contribution in [-0.4, -0.2) is 29.5 Å². The maximum absolute atomic E-state index is 12.6. The molecule has 0 radical (unpaired) electrons. The molecule has 1 aromatic carbocycles. The van der Waals surface area contributed by atoms with Gasteiger partial charge in [0, 0.05) is 6.07 Å². The molecule has 0 unspecified atom stereocenters. The standard InChI is InChI=1S/C16H16F2N4O4S/c1-3-27(23,24)22(11-6-4-5-10(2)7-11)9-12-8-13(21-26-12)15-19-20-16(25-15)14(17)18/h4-8,14H,3,9H2,1-2H3. The number of alkyl halides is 2. The summed E-state index contributed by atoms with van der Waals surface area (Å²) in [6.45, 7) is 3.26. The number of hydrogen-bond donors (Lipinski definition) is 0. The largest absolute Gasteiger partial charge is 0.413 e.